The molecule has 74 valence electrons. The lowest BCUT2D eigenvalue weighted by Crippen LogP contribution is -2.20. The highest BCUT2D eigenvalue weighted by Crippen LogP contribution is 2.20. The molecule has 1 heteroatoms. The highest BCUT2D eigenvalue weighted by molar-refractivity contribution is 5.67. The number of nitrogens with one attached hydrogen (secondary N) is 1. The quantitative estimate of drug-likeness (QED) is 0.750. The van der Waals surface area contributed by atoms with Crippen LogP contribution in [0.25, 0.3) is 5.57 Å². The zero-order valence-corrected chi connectivity index (χ0v) is 8.72. The van der Waals surface area contributed by atoms with E-state index in [0.717, 1.165) is 25.9 Å². The molecule has 0 spiro atoms. The highest BCUT2D eigenvalue weighted by Gasteiger charge is 2.05. The van der Waals surface area contributed by atoms with Crippen molar-refractivity contribution >= 4 is 5.57 Å². The van der Waals surface area contributed by atoms with Crippen LogP contribution in [0.3, 0.4) is 0 Å². The van der Waals surface area contributed by atoms with Gasteiger partial charge in [-0.15, -0.1) is 0 Å². The lowest BCUT2D eigenvalue weighted by Gasteiger charge is -2.14. The molecule has 0 aromatic heterocycles. The molecular formula is C13H17N. The van der Waals surface area contributed by atoms with Crippen molar-refractivity contribution in [3.05, 3.63) is 41.5 Å². The highest BCUT2D eigenvalue weighted by atomic mass is 14.8. The maximum absolute atomic E-state index is 3.34. The Bertz CT molecular complexity index is 339. The summed E-state index contributed by atoms with van der Waals surface area (Å²) in [5, 5.41) is 3.34. The molecule has 0 radical (unpaired) electrons. The van der Waals surface area contributed by atoms with E-state index in [1.807, 2.05) is 0 Å². The third kappa shape index (κ3) is 2.05. The molecule has 0 atom stereocenters. The Kier molecular flexibility index (Phi) is 3.00. The molecule has 0 amide bonds. The van der Waals surface area contributed by atoms with Crippen LogP contribution in [0.2, 0.25) is 0 Å². The van der Waals surface area contributed by atoms with Crippen LogP contribution in [0.5, 0.6) is 0 Å². The Morgan fingerprint density at radius 2 is 2.29 bits per heavy atom. The van der Waals surface area contributed by atoms with Crippen LogP contribution in [-0.4, -0.2) is 13.1 Å². The Labute approximate surface area is 85.8 Å². The van der Waals surface area contributed by atoms with Gasteiger partial charge in [-0.25, -0.2) is 0 Å². The van der Waals surface area contributed by atoms with E-state index in [1.165, 1.54) is 16.7 Å². The van der Waals surface area contributed by atoms with Gasteiger partial charge in [-0.05, 0) is 36.1 Å². The summed E-state index contributed by atoms with van der Waals surface area (Å²) in [5.74, 6) is 0. The minimum Gasteiger partial charge on any atom is -0.313 e. The summed E-state index contributed by atoms with van der Waals surface area (Å²) in [4.78, 5) is 0. The van der Waals surface area contributed by atoms with Crippen molar-refractivity contribution in [2.75, 3.05) is 13.1 Å². The van der Waals surface area contributed by atoms with E-state index in [4.69, 9.17) is 0 Å². The molecule has 1 aromatic carbocycles. The van der Waals surface area contributed by atoms with Crippen molar-refractivity contribution < 1.29 is 0 Å². The van der Waals surface area contributed by atoms with Crippen LogP contribution in [-0.2, 0) is 6.42 Å². The average Bonchev–Trinajstić information content (AvgIpc) is 2.30. The van der Waals surface area contributed by atoms with Crippen LogP contribution < -0.4 is 5.32 Å². The van der Waals surface area contributed by atoms with Gasteiger partial charge in [0, 0.05) is 6.54 Å². The topological polar surface area (TPSA) is 12.0 Å². The fraction of sp³-hybridized carbons (Fsp3) is 0.385. The lowest BCUT2D eigenvalue weighted by atomic mass is 9.98. The summed E-state index contributed by atoms with van der Waals surface area (Å²) < 4.78 is 0. The summed E-state index contributed by atoms with van der Waals surface area (Å²) in [6.07, 6.45) is 4.59. The molecule has 1 heterocycles. The van der Waals surface area contributed by atoms with E-state index < -0.39 is 0 Å². The van der Waals surface area contributed by atoms with E-state index >= 15 is 0 Å². The second kappa shape index (κ2) is 4.43. The Hall–Kier alpha value is -1.08. The summed E-state index contributed by atoms with van der Waals surface area (Å²) in [6, 6.07) is 8.90. The Morgan fingerprint density at radius 3 is 3.00 bits per heavy atom. The summed E-state index contributed by atoms with van der Waals surface area (Å²) in [7, 11) is 0. The monoisotopic (exact) mass is 187 g/mol. The maximum atomic E-state index is 3.34. The van der Waals surface area contributed by atoms with Crippen LogP contribution in [0, 0.1) is 0 Å². The second-order valence-electron chi connectivity index (χ2n) is 3.74. The minimum absolute atomic E-state index is 1.02. The molecule has 1 nitrogen and oxygen atoms in total. The average molecular weight is 187 g/mol. The van der Waals surface area contributed by atoms with E-state index in [2.05, 4.69) is 42.6 Å². The predicted molar refractivity (Wildman–Crippen MR) is 61.3 cm³/mol. The van der Waals surface area contributed by atoms with Crippen molar-refractivity contribution in [1.82, 2.24) is 5.32 Å². The normalized spacial score (nSPS) is 16.5. The number of aryl methyl sites for hydroxylation is 1. The lowest BCUT2D eigenvalue weighted by molar-refractivity contribution is 0.738. The first-order valence-corrected chi connectivity index (χ1v) is 5.39. The van der Waals surface area contributed by atoms with E-state index in [-0.39, 0.29) is 0 Å². The SMILES string of the molecule is CCc1cccc(C2=CCNCC2)c1. The van der Waals surface area contributed by atoms with Crippen molar-refractivity contribution in [3.8, 4) is 0 Å². The van der Waals surface area contributed by atoms with Gasteiger partial charge in [0.25, 0.3) is 0 Å². The Morgan fingerprint density at radius 1 is 1.36 bits per heavy atom. The molecule has 0 saturated carbocycles. The van der Waals surface area contributed by atoms with Crippen molar-refractivity contribution in [2.45, 2.75) is 19.8 Å². The summed E-state index contributed by atoms with van der Waals surface area (Å²) >= 11 is 0. The van der Waals surface area contributed by atoms with Gasteiger partial charge in [-0.3, -0.25) is 0 Å². The minimum atomic E-state index is 1.02. The molecule has 1 aliphatic rings. The smallest absolute Gasteiger partial charge is 0.0140 e. The van der Waals surface area contributed by atoms with E-state index in [1.54, 1.807) is 0 Å². The van der Waals surface area contributed by atoms with Crippen LogP contribution in [0.1, 0.15) is 24.5 Å². The first kappa shape index (κ1) is 9.47. The van der Waals surface area contributed by atoms with Gasteiger partial charge in [-0.2, -0.15) is 0 Å². The first-order chi connectivity index (χ1) is 6.90. The fourth-order valence-electron chi connectivity index (χ4n) is 1.88. The maximum Gasteiger partial charge on any atom is 0.0140 e. The first-order valence-electron chi connectivity index (χ1n) is 5.39. The predicted octanol–water partition coefficient (Wildman–Crippen LogP) is 2.63. The van der Waals surface area contributed by atoms with Gasteiger partial charge in [-0.1, -0.05) is 37.3 Å². The van der Waals surface area contributed by atoms with Crippen molar-refractivity contribution in [2.24, 2.45) is 0 Å². The van der Waals surface area contributed by atoms with E-state index in [9.17, 15) is 0 Å². The molecule has 14 heavy (non-hydrogen) atoms. The fourth-order valence-corrected chi connectivity index (χ4v) is 1.88. The zero-order chi connectivity index (χ0) is 9.80. The molecule has 1 N–H and O–H groups in total. The summed E-state index contributed by atoms with van der Waals surface area (Å²) in [6.45, 7) is 4.34. The van der Waals surface area contributed by atoms with Gasteiger partial charge in [0.15, 0.2) is 0 Å². The van der Waals surface area contributed by atoms with Crippen LogP contribution >= 0.6 is 0 Å². The zero-order valence-electron chi connectivity index (χ0n) is 8.72. The molecule has 0 aliphatic carbocycles. The molecular weight excluding hydrogens is 170 g/mol. The molecule has 0 bridgehead atoms. The van der Waals surface area contributed by atoms with Crippen molar-refractivity contribution in [3.63, 3.8) is 0 Å². The second-order valence-corrected chi connectivity index (χ2v) is 3.74. The molecule has 0 saturated heterocycles. The molecule has 1 aromatic rings. The van der Waals surface area contributed by atoms with Gasteiger partial charge in [0.2, 0.25) is 0 Å². The number of benzene rings is 1. The largest absolute Gasteiger partial charge is 0.313 e. The summed E-state index contributed by atoms with van der Waals surface area (Å²) in [5.41, 5.74) is 4.34. The standard InChI is InChI=1S/C13H17N/c1-2-11-4-3-5-13(10-11)12-6-8-14-9-7-12/h3-6,10,14H,2,7-9H2,1H3. The number of hydrogen-bond acceptors (Lipinski definition) is 1. The van der Waals surface area contributed by atoms with Gasteiger partial charge in [0.1, 0.15) is 0 Å². The molecule has 1 aliphatic heterocycles. The van der Waals surface area contributed by atoms with Crippen molar-refractivity contribution in [1.29, 1.82) is 0 Å². The molecule has 2 rings (SSSR count). The van der Waals surface area contributed by atoms with Gasteiger partial charge >= 0.3 is 0 Å². The third-order valence-electron chi connectivity index (χ3n) is 2.77. The van der Waals surface area contributed by atoms with E-state index in [0.29, 0.717) is 0 Å². The third-order valence-corrected chi connectivity index (χ3v) is 2.77. The molecule has 0 unspecified atom stereocenters. The van der Waals surface area contributed by atoms with Gasteiger partial charge < -0.3 is 5.32 Å². The van der Waals surface area contributed by atoms with Crippen LogP contribution in [0.15, 0.2) is 30.3 Å². The van der Waals surface area contributed by atoms with Crippen LogP contribution in [0.4, 0.5) is 0 Å². The number of rotatable bonds is 2. The Balaban J connectivity index is 2.26. The number of hydrogen-bond donors (Lipinski definition) is 1. The molecule has 0 fully saturated rings. The van der Waals surface area contributed by atoms with Gasteiger partial charge in [0.05, 0.1) is 0 Å².